The number of methoxy groups -OCH3 is 1. The molecule has 0 bridgehead atoms. The van der Waals surface area contributed by atoms with Gasteiger partial charge in [-0.05, 0) is 43.2 Å². The predicted octanol–water partition coefficient (Wildman–Crippen LogP) is 3.48. The maximum absolute atomic E-state index is 12.6. The highest BCUT2D eigenvalue weighted by Gasteiger charge is 2.56. The van der Waals surface area contributed by atoms with E-state index in [1.165, 1.54) is 13.2 Å². The standard InChI is InChI=1S/C19H17ClN2O4/c1-26-16(23)12-5-4-6-13(11-12)21-17(24)19(9-10-19)18(25)22-15-8-3-2-7-14(15)20/h2-8,11H,9-10H2,1H3,(H,21,24)(H,22,25). The van der Waals surface area contributed by atoms with Crippen molar-refractivity contribution < 1.29 is 19.1 Å². The third kappa shape index (κ3) is 3.55. The van der Waals surface area contributed by atoms with Crippen LogP contribution in [0.25, 0.3) is 0 Å². The summed E-state index contributed by atoms with van der Waals surface area (Å²) in [7, 11) is 1.28. The summed E-state index contributed by atoms with van der Waals surface area (Å²) in [6, 6.07) is 13.2. The number of esters is 1. The lowest BCUT2D eigenvalue weighted by molar-refractivity contribution is -0.131. The number of rotatable bonds is 5. The fraction of sp³-hybridized carbons (Fsp3) is 0.211. The zero-order chi connectivity index (χ0) is 18.7. The lowest BCUT2D eigenvalue weighted by Crippen LogP contribution is -2.35. The van der Waals surface area contributed by atoms with Gasteiger partial charge in [0.05, 0.1) is 23.4 Å². The van der Waals surface area contributed by atoms with Gasteiger partial charge < -0.3 is 15.4 Å². The van der Waals surface area contributed by atoms with E-state index in [1.54, 1.807) is 42.5 Å². The highest BCUT2D eigenvalue weighted by molar-refractivity contribution is 6.34. The first-order chi connectivity index (χ1) is 12.5. The normalized spacial score (nSPS) is 14.2. The molecule has 2 amide bonds. The lowest BCUT2D eigenvalue weighted by Gasteiger charge is -2.16. The summed E-state index contributed by atoms with van der Waals surface area (Å²) in [5.74, 6) is -1.31. The van der Waals surface area contributed by atoms with Crippen molar-refractivity contribution in [2.24, 2.45) is 5.41 Å². The van der Waals surface area contributed by atoms with Crippen LogP contribution < -0.4 is 10.6 Å². The van der Waals surface area contributed by atoms with E-state index in [1.807, 2.05) is 0 Å². The van der Waals surface area contributed by atoms with Crippen LogP contribution in [-0.4, -0.2) is 24.9 Å². The molecule has 0 atom stereocenters. The van der Waals surface area contributed by atoms with Crippen LogP contribution in [0, 0.1) is 5.41 Å². The predicted molar refractivity (Wildman–Crippen MR) is 98.2 cm³/mol. The first kappa shape index (κ1) is 17.9. The van der Waals surface area contributed by atoms with Crippen LogP contribution in [0.3, 0.4) is 0 Å². The van der Waals surface area contributed by atoms with Gasteiger partial charge in [0.15, 0.2) is 0 Å². The van der Waals surface area contributed by atoms with E-state index in [0.29, 0.717) is 34.8 Å². The minimum Gasteiger partial charge on any atom is -0.465 e. The van der Waals surface area contributed by atoms with Crippen LogP contribution in [-0.2, 0) is 14.3 Å². The number of anilines is 2. The molecule has 0 radical (unpaired) electrons. The zero-order valence-electron chi connectivity index (χ0n) is 14.0. The molecule has 2 aromatic rings. The maximum atomic E-state index is 12.6. The first-order valence-corrected chi connectivity index (χ1v) is 8.40. The van der Waals surface area contributed by atoms with E-state index in [9.17, 15) is 14.4 Å². The van der Waals surface area contributed by atoms with Crippen LogP contribution >= 0.6 is 11.6 Å². The van der Waals surface area contributed by atoms with Crippen molar-refractivity contribution in [2.75, 3.05) is 17.7 Å². The Hall–Kier alpha value is -2.86. The molecule has 1 aliphatic carbocycles. The third-order valence-corrected chi connectivity index (χ3v) is 4.61. The van der Waals surface area contributed by atoms with Crippen LogP contribution in [0.15, 0.2) is 48.5 Å². The Morgan fingerprint density at radius 2 is 1.69 bits per heavy atom. The van der Waals surface area contributed by atoms with Crippen molar-refractivity contribution >= 4 is 40.8 Å². The minimum atomic E-state index is -1.12. The smallest absolute Gasteiger partial charge is 0.337 e. The number of amides is 2. The fourth-order valence-corrected chi connectivity index (χ4v) is 2.76. The Kier molecular flexibility index (Phi) is 4.95. The van der Waals surface area contributed by atoms with Gasteiger partial charge in [0.25, 0.3) is 0 Å². The van der Waals surface area contributed by atoms with Gasteiger partial charge in [0, 0.05) is 5.69 Å². The monoisotopic (exact) mass is 372 g/mol. The summed E-state index contributed by atoms with van der Waals surface area (Å²) in [5.41, 5.74) is 0.0804. The SMILES string of the molecule is COC(=O)c1cccc(NC(=O)C2(C(=O)Nc3ccccc3Cl)CC2)c1. The molecule has 3 rings (SSSR count). The Balaban J connectivity index is 1.72. The molecule has 1 aliphatic rings. The van der Waals surface area contributed by atoms with Crippen molar-refractivity contribution in [3.05, 3.63) is 59.1 Å². The zero-order valence-corrected chi connectivity index (χ0v) is 14.8. The van der Waals surface area contributed by atoms with Crippen LogP contribution in [0.1, 0.15) is 23.2 Å². The van der Waals surface area contributed by atoms with Gasteiger partial charge in [0.1, 0.15) is 5.41 Å². The van der Waals surface area contributed by atoms with Gasteiger partial charge in [-0.1, -0.05) is 29.8 Å². The third-order valence-electron chi connectivity index (χ3n) is 4.28. The molecule has 6 nitrogen and oxygen atoms in total. The van der Waals surface area contributed by atoms with E-state index < -0.39 is 23.2 Å². The largest absolute Gasteiger partial charge is 0.465 e. The highest BCUT2D eigenvalue weighted by atomic mass is 35.5. The molecule has 0 unspecified atom stereocenters. The molecule has 0 aliphatic heterocycles. The van der Waals surface area contributed by atoms with Crippen LogP contribution in [0.5, 0.6) is 0 Å². The number of halogens is 1. The molecule has 26 heavy (non-hydrogen) atoms. The second kappa shape index (κ2) is 7.17. The van der Waals surface area contributed by atoms with Gasteiger partial charge in [-0.25, -0.2) is 4.79 Å². The van der Waals surface area contributed by atoms with Gasteiger partial charge in [0.2, 0.25) is 11.8 Å². The molecule has 0 spiro atoms. The van der Waals surface area contributed by atoms with Gasteiger partial charge in [-0.2, -0.15) is 0 Å². The molecule has 0 saturated heterocycles. The molecule has 1 saturated carbocycles. The number of carbonyl (C=O) groups is 3. The van der Waals surface area contributed by atoms with Crippen LogP contribution in [0.4, 0.5) is 11.4 Å². The molecular formula is C19H17ClN2O4. The number of hydrogen-bond acceptors (Lipinski definition) is 4. The Morgan fingerprint density at radius 3 is 2.35 bits per heavy atom. The number of para-hydroxylation sites is 1. The number of benzene rings is 2. The topological polar surface area (TPSA) is 84.5 Å². The first-order valence-electron chi connectivity index (χ1n) is 8.02. The summed E-state index contributed by atoms with van der Waals surface area (Å²) in [5, 5.41) is 5.82. The number of hydrogen-bond donors (Lipinski definition) is 2. The van der Waals surface area contributed by atoms with Crippen molar-refractivity contribution in [3.8, 4) is 0 Å². The van der Waals surface area contributed by atoms with Gasteiger partial charge >= 0.3 is 5.97 Å². The summed E-state index contributed by atoms with van der Waals surface area (Å²) >= 11 is 6.05. The quantitative estimate of drug-likeness (QED) is 0.621. The minimum absolute atomic E-state index is 0.315. The van der Waals surface area contributed by atoms with Gasteiger partial charge in [-0.15, -0.1) is 0 Å². The molecular weight excluding hydrogens is 356 g/mol. The molecule has 2 N–H and O–H groups in total. The summed E-state index contributed by atoms with van der Waals surface area (Å²) in [4.78, 5) is 36.8. The summed E-state index contributed by atoms with van der Waals surface area (Å²) in [6.45, 7) is 0. The van der Waals surface area contributed by atoms with E-state index >= 15 is 0 Å². The van der Waals surface area contributed by atoms with Crippen molar-refractivity contribution in [1.82, 2.24) is 0 Å². The van der Waals surface area contributed by atoms with E-state index in [-0.39, 0.29) is 0 Å². The Labute approximate surface area is 155 Å². The second-order valence-electron chi connectivity index (χ2n) is 6.04. The summed E-state index contributed by atoms with van der Waals surface area (Å²) < 4.78 is 4.66. The lowest BCUT2D eigenvalue weighted by atomic mass is 10.0. The summed E-state index contributed by atoms with van der Waals surface area (Å²) in [6.07, 6.45) is 0.900. The average molecular weight is 373 g/mol. The second-order valence-corrected chi connectivity index (χ2v) is 6.45. The molecule has 2 aromatic carbocycles. The van der Waals surface area contributed by atoms with Crippen LogP contribution in [0.2, 0.25) is 5.02 Å². The molecule has 1 fully saturated rings. The van der Waals surface area contributed by atoms with Crippen molar-refractivity contribution in [3.63, 3.8) is 0 Å². The fourth-order valence-electron chi connectivity index (χ4n) is 2.58. The Morgan fingerprint density at radius 1 is 1.00 bits per heavy atom. The molecule has 134 valence electrons. The van der Waals surface area contributed by atoms with Crippen molar-refractivity contribution in [1.29, 1.82) is 0 Å². The number of nitrogens with one attached hydrogen (secondary N) is 2. The Bertz CT molecular complexity index is 877. The molecule has 0 aromatic heterocycles. The molecule has 7 heteroatoms. The van der Waals surface area contributed by atoms with Gasteiger partial charge in [-0.3, -0.25) is 9.59 Å². The van der Waals surface area contributed by atoms with E-state index in [2.05, 4.69) is 15.4 Å². The van der Waals surface area contributed by atoms with E-state index in [4.69, 9.17) is 11.6 Å². The van der Waals surface area contributed by atoms with Crippen molar-refractivity contribution in [2.45, 2.75) is 12.8 Å². The highest BCUT2D eigenvalue weighted by Crippen LogP contribution is 2.47. The van der Waals surface area contributed by atoms with E-state index in [0.717, 1.165) is 0 Å². The number of ether oxygens (including phenoxy) is 1. The maximum Gasteiger partial charge on any atom is 0.337 e. The number of carbonyl (C=O) groups excluding carboxylic acids is 3. The average Bonchev–Trinajstić information content (AvgIpc) is 3.45. The molecule has 0 heterocycles.